The van der Waals surface area contributed by atoms with Crippen LogP contribution in [0.1, 0.15) is 34.3 Å². The van der Waals surface area contributed by atoms with Crippen LogP contribution in [0.4, 0.5) is 0 Å². The molecule has 5 heteroatoms. The number of ether oxygens (including phenoxy) is 2. The van der Waals surface area contributed by atoms with E-state index in [9.17, 15) is 4.79 Å². The van der Waals surface area contributed by atoms with E-state index in [0.717, 1.165) is 30.6 Å². The second-order valence-corrected chi connectivity index (χ2v) is 5.56. The van der Waals surface area contributed by atoms with Gasteiger partial charge in [-0.3, -0.25) is 4.79 Å². The molecule has 0 aliphatic carbocycles. The van der Waals surface area contributed by atoms with E-state index < -0.39 is 0 Å². The molecular weight excluding hydrogens is 286 g/mol. The fourth-order valence-electron chi connectivity index (χ4n) is 1.87. The standard InChI is InChI=1S/C16H19NO3S/c1-3-7-19-14-5-4-13(10-18)15(9-14)20-8-6-16-12(2)17-11-21-16/h4-5,9-11H,3,6-8H2,1-2H3. The highest BCUT2D eigenvalue weighted by Gasteiger charge is 2.07. The van der Waals surface area contributed by atoms with Crippen molar-refractivity contribution in [2.45, 2.75) is 26.7 Å². The van der Waals surface area contributed by atoms with Crippen LogP contribution in [0.3, 0.4) is 0 Å². The number of nitrogens with zero attached hydrogens (tertiary/aromatic N) is 1. The number of thiazole rings is 1. The molecule has 0 amide bonds. The van der Waals surface area contributed by atoms with Gasteiger partial charge in [-0.15, -0.1) is 11.3 Å². The van der Waals surface area contributed by atoms with Crippen molar-refractivity contribution < 1.29 is 14.3 Å². The zero-order valence-electron chi connectivity index (χ0n) is 12.3. The molecule has 0 aliphatic rings. The number of rotatable bonds is 8. The van der Waals surface area contributed by atoms with Crippen LogP contribution in [0, 0.1) is 6.92 Å². The molecule has 0 unspecified atom stereocenters. The van der Waals surface area contributed by atoms with E-state index in [-0.39, 0.29) is 0 Å². The molecule has 1 heterocycles. The smallest absolute Gasteiger partial charge is 0.153 e. The molecule has 0 fully saturated rings. The summed E-state index contributed by atoms with van der Waals surface area (Å²) < 4.78 is 11.3. The van der Waals surface area contributed by atoms with Gasteiger partial charge in [0, 0.05) is 17.4 Å². The number of aromatic nitrogens is 1. The summed E-state index contributed by atoms with van der Waals surface area (Å²) in [7, 11) is 0. The van der Waals surface area contributed by atoms with Crippen LogP contribution in [0.15, 0.2) is 23.7 Å². The van der Waals surface area contributed by atoms with Crippen LogP contribution >= 0.6 is 11.3 Å². The van der Waals surface area contributed by atoms with Crippen molar-refractivity contribution in [3.63, 3.8) is 0 Å². The molecule has 4 nitrogen and oxygen atoms in total. The van der Waals surface area contributed by atoms with Crippen LogP contribution in [-0.2, 0) is 6.42 Å². The Bertz CT molecular complexity index is 595. The van der Waals surface area contributed by atoms with E-state index in [2.05, 4.69) is 11.9 Å². The molecule has 0 saturated heterocycles. The minimum Gasteiger partial charge on any atom is -0.493 e. The number of hydrogen-bond donors (Lipinski definition) is 0. The Morgan fingerprint density at radius 2 is 2.14 bits per heavy atom. The Morgan fingerprint density at radius 3 is 2.81 bits per heavy atom. The first-order valence-corrected chi connectivity index (χ1v) is 7.86. The number of carbonyl (C=O) groups excluding carboxylic acids is 1. The molecule has 112 valence electrons. The third kappa shape index (κ3) is 4.29. The SMILES string of the molecule is CCCOc1ccc(C=O)c(OCCc2scnc2C)c1. The number of hydrogen-bond acceptors (Lipinski definition) is 5. The molecule has 2 rings (SSSR count). The Kier molecular flexibility index (Phi) is 5.75. The normalized spacial score (nSPS) is 10.4. The Balaban J connectivity index is 1.99. The van der Waals surface area contributed by atoms with Crippen molar-refractivity contribution in [3.05, 3.63) is 39.8 Å². The predicted octanol–water partition coefficient (Wildman–Crippen LogP) is 3.67. The zero-order valence-corrected chi connectivity index (χ0v) is 13.1. The lowest BCUT2D eigenvalue weighted by molar-refractivity contribution is 0.111. The van der Waals surface area contributed by atoms with Crippen molar-refractivity contribution in [1.29, 1.82) is 0 Å². The molecule has 2 aromatic rings. The summed E-state index contributed by atoms with van der Waals surface area (Å²) in [5.74, 6) is 1.30. The fourth-order valence-corrected chi connectivity index (χ4v) is 2.63. The third-order valence-electron chi connectivity index (χ3n) is 3.02. The first-order valence-electron chi connectivity index (χ1n) is 6.98. The average Bonchev–Trinajstić information content (AvgIpc) is 2.91. The lowest BCUT2D eigenvalue weighted by Gasteiger charge is -2.11. The van der Waals surface area contributed by atoms with E-state index in [1.54, 1.807) is 29.5 Å². The molecule has 0 spiro atoms. The van der Waals surface area contributed by atoms with Crippen LogP contribution < -0.4 is 9.47 Å². The lowest BCUT2D eigenvalue weighted by atomic mass is 10.2. The van der Waals surface area contributed by atoms with Gasteiger partial charge < -0.3 is 9.47 Å². The van der Waals surface area contributed by atoms with E-state index in [4.69, 9.17) is 9.47 Å². The fraction of sp³-hybridized carbons (Fsp3) is 0.375. The average molecular weight is 305 g/mol. The number of benzene rings is 1. The van der Waals surface area contributed by atoms with Gasteiger partial charge in [-0.2, -0.15) is 0 Å². The second kappa shape index (κ2) is 7.78. The third-order valence-corrected chi connectivity index (χ3v) is 4.01. The molecule has 0 radical (unpaired) electrons. The van der Waals surface area contributed by atoms with Gasteiger partial charge in [0.15, 0.2) is 6.29 Å². The van der Waals surface area contributed by atoms with Crippen molar-refractivity contribution in [2.24, 2.45) is 0 Å². The van der Waals surface area contributed by atoms with Crippen LogP contribution in [0.2, 0.25) is 0 Å². The van der Waals surface area contributed by atoms with E-state index in [1.807, 2.05) is 12.4 Å². The lowest BCUT2D eigenvalue weighted by Crippen LogP contribution is -2.04. The van der Waals surface area contributed by atoms with Crippen molar-refractivity contribution in [3.8, 4) is 11.5 Å². The molecule has 1 aromatic heterocycles. The zero-order chi connectivity index (χ0) is 15.1. The molecular formula is C16H19NO3S. The van der Waals surface area contributed by atoms with Gasteiger partial charge in [0.25, 0.3) is 0 Å². The summed E-state index contributed by atoms with van der Waals surface area (Å²) in [6.45, 7) is 5.21. The molecule has 0 N–H and O–H groups in total. The summed E-state index contributed by atoms with van der Waals surface area (Å²) in [5.41, 5.74) is 3.42. The topological polar surface area (TPSA) is 48.4 Å². The number of aryl methyl sites for hydroxylation is 1. The number of aldehydes is 1. The molecule has 0 saturated carbocycles. The predicted molar refractivity (Wildman–Crippen MR) is 83.7 cm³/mol. The Morgan fingerprint density at radius 1 is 1.29 bits per heavy atom. The maximum Gasteiger partial charge on any atom is 0.153 e. The molecule has 0 aliphatic heterocycles. The van der Waals surface area contributed by atoms with E-state index in [0.29, 0.717) is 24.5 Å². The van der Waals surface area contributed by atoms with Gasteiger partial charge in [-0.1, -0.05) is 6.92 Å². The van der Waals surface area contributed by atoms with Crippen LogP contribution in [0.5, 0.6) is 11.5 Å². The second-order valence-electron chi connectivity index (χ2n) is 4.63. The largest absolute Gasteiger partial charge is 0.493 e. The Labute approximate surface area is 128 Å². The minimum absolute atomic E-state index is 0.515. The van der Waals surface area contributed by atoms with Gasteiger partial charge >= 0.3 is 0 Å². The summed E-state index contributed by atoms with van der Waals surface area (Å²) in [4.78, 5) is 16.5. The van der Waals surface area contributed by atoms with Gasteiger partial charge in [-0.05, 0) is 25.5 Å². The van der Waals surface area contributed by atoms with Gasteiger partial charge in [0.1, 0.15) is 11.5 Å². The van der Waals surface area contributed by atoms with Gasteiger partial charge in [-0.25, -0.2) is 4.98 Å². The highest BCUT2D eigenvalue weighted by Crippen LogP contribution is 2.24. The first kappa shape index (κ1) is 15.5. The molecule has 21 heavy (non-hydrogen) atoms. The molecule has 0 bridgehead atoms. The van der Waals surface area contributed by atoms with Crippen molar-refractivity contribution in [1.82, 2.24) is 4.98 Å². The van der Waals surface area contributed by atoms with E-state index >= 15 is 0 Å². The van der Waals surface area contributed by atoms with Crippen LogP contribution in [-0.4, -0.2) is 24.5 Å². The molecule has 1 aromatic carbocycles. The first-order chi connectivity index (χ1) is 10.2. The highest BCUT2D eigenvalue weighted by atomic mass is 32.1. The monoisotopic (exact) mass is 305 g/mol. The van der Waals surface area contributed by atoms with E-state index in [1.165, 1.54) is 4.88 Å². The maximum absolute atomic E-state index is 11.1. The quantitative estimate of drug-likeness (QED) is 0.698. The number of carbonyl (C=O) groups is 1. The van der Waals surface area contributed by atoms with Crippen LogP contribution in [0.25, 0.3) is 0 Å². The van der Waals surface area contributed by atoms with Gasteiger partial charge in [0.2, 0.25) is 0 Å². The highest BCUT2D eigenvalue weighted by molar-refractivity contribution is 7.09. The van der Waals surface area contributed by atoms with Gasteiger partial charge in [0.05, 0.1) is 30.0 Å². The maximum atomic E-state index is 11.1. The molecule has 0 atom stereocenters. The minimum atomic E-state index is 0.515. The van der Waals surface area contributed by atoms with Crippen molar-refractivity contribution in [2.75, 3.05) is 13.2 Å². The summed E-state index contributed by atoms with van der Waals surface area (Å²) in [6, 6.07) is 5.30. The Hall–Kier alpha value is -1.88. The van der Waals surface area contributed by atoms with Crippen molar-refractivity contribution >= 4 is 17.6 Å². The summed E-state index contributed by atoms with van der Waals surface area (Å²) >= 11 is 1.62. The summed E-state index contributed by atoms with van der Waals surface area (Å²) in [5, 5.41) is 0. The summed E-state index contributed by atoms with van der Waals surface area (Å²) in [6.07, 6.45) is 2.53.